The fourth-order valence-electron chi connectivity index (χ4n) is 18.8. The van der Waals surface area contributed by atoms with E-state index in [4.69, 9.17) is 0 Å². The first-order valence-corrected chi connectivity index (χ1v) is 38.7. The number of anilines is 12. The molecular weight excluding hydrogens is 1350 g/mol. The Kier molecular flexibility index (Phi) is 16.0. The lowest BCUT2D eigenvalue weighted by Crippen LogP contribution is -2.34. The second-order valence-corrected chi connectivity index (χ2v) is 29.3. The van der Waals surface area contributed by atoms with E-state index in [0.717, 1.165) is 79.0 Å². The molecule has 0 saturated heterocycles. The van der Waals surface area contributed by atoms with Crippen LogP contribution in [0.3, 0.4) is 0 Å². The zero-order valence-electron chi connectivity index (χ0n) is 61.5. The van der Waals surface area contributed by atoms with Gasteiger partial charge < -0.3 is 19.6 Å². The van der Waals surface area contributed by atoms with E-state index in [-0.39, 0.29) is 0 Å². The van der Waals surface area contributed by atoms with Crippen LogP contribution in [-0.2, 0) is 10.8 Å². The van der Waals surface area contributed by atoms with Crippen LogP contribution in [0.15, 0.2) is 449 Å². The van der Waals surface area contributed by atoms with E-state index in [2.05, 4.69) is 469 Å². The number of nitrogens with zero attached hydrogens (tertiary/aromatic N) is 4. The monoisotopic (exact) mass is 1430 g/mol. The fraction of sp³-hybridized carbons (Fsp3) is 0.0185. The third-order valence-corrected chi connectivity index (χ3v) is 23.5. The highest BCUT2D eigenvalue weighted by Gasteiger charge is 2.52. The molecule has 2 aliphatic carbocycles. The Balaban J connectivity index is 0.807. The molecular formula is C108H74N4. The van der Waals surface area contributed by atoms with Gasteiger partial charge in [0, 0.05) is 67.0 Å². The molecule has 19 aromatic carbocycles. The summed E-state index contributed by atoms with van der Waals surface area (Å²) in [5.41, 5.74) is 25.7. The van der Waals surface area contributed by atoms with Gasteiger partial charge in [-0.2, -0.15) is 0 Å². The zero-order chi connectivity index (χ0) is 74.1. The molecule has 0 unspecified atom stereocenters. The second kappa shape index (κ2) is 27.3. The largest absolute Gasteiger partial charge is 0.310 e. The predicted molar refractivity (Wildman–Crippen MR) is 470 cm³/mol. The third-order valence-electron chi connectivity index (χ3n) is 23.5. The van der Waals surface area contributed by atoms with Crippen LogP contribution in [0.2, 0.25) is 0 Å². The molecule has 0 aliphatic heterocycles. The predicted octanol–water partition coefficient (Wildman–Crippen LogP) is 28.9. The Morgan fingerprint density at radius 1 is 0.161 bits per heavy atom. The van der Waals surface area contributed by atoms with E-state index in [9.17, 15) is 0 Å². The third kappa shape index (κ3) is 10.4. The van der Waals surface area contributed by atoms with Crippen LogP contribution in [0.5, 0.6) is 0 Å². The second-order valence-electron chi connectivity index (χ2n) is 29.3. The highest BCUT2D eigenvalue weighted by Crippen LogP contribution is 2.65. The quantitative estimate of drug-likeness (QED) is 0.0956. The average molecular weight is 1430 g/mol. The summed E-state index contributed by atoms with van der Waals surface area (Å²) in [4.78, 5) is 9.75. The lowest BCUT2D eigenvalue weighted by atomic mass is 9.58. The molecule has 0 heterocycles. The minimum atomic E-state index is -0.847. The summed E-state index contributed by atoms with van der Waals surface area (Å²) in [5.74, 6) is 0. The van der Waals surface area contributed by atoms with Crippen molar-refractivity contribution in [3.8, 4) is 22.3 Å². The highest BCUT2D eigenvalue weighted by molar-refractivity contribution is 6.15. The number of hydrogen-bond acceptors (Lipinski definition) is 4. The van der Waals surface area contributed by atoms with Crippen molar-refractivity contribution >= 4 is 111 Å². The standard InChI is InChI=1S/C108H74N4/c1-9-38-77(39-10-1)107(78-40-11-2-12-41-78)97-59-33-58-94-103(111(83-50-21-7-22-51-83)87-64-62-85(63-65-87)109(81-46-17-5-18-47-81)101-60-31-36-75-34-25-27-54-89(75)101)71-70-93(105(94)97)95-72-99-96(73-98(95)107)106-92-57-30-29-56-91(92)104(74-100(106)108(99,79-42-13-3-14-43-79)80-44-15-4-16-45-80)112(84-52-23-8-24-53-84)88-68-66-86(67-69-88)110(82-48-19-6-20-49-82)102-61-32-37-76-35-26-28-55-90(76)102/h1-74H. The number of para-hydroxylation sites is 4. The van der Waals surface area contributed by atoms with Gasteiger partial charge >= 0.3 is 0 Å². The maximum absolute atomic E-state index is 2.65. The summed E-state index contributed by atoms with van der Waals surface area (Å²) < 4.78 is 0. The minimum Gasteiger partial charge on any atom is -0.310 e. The maximum Gasteiger partial charge on any atom is 0.0714 e. The Morgan fingerprint density at radius 2 is 0.455 bits per heavy atom. The summed E-state index contributed by atoms with van der Waals surface area (Å²) >= 11 is 0. The molecule has 19 aromatic rings. The van der Waals surface area contributed by atoms with Crippen molar-refractivity contribution in [2.24, 2.45) is 0 Å². The number of fused-ring (bicyclic) bond motifs is 9. The normalized spacial score (nSPS) is 12.8. The minimum absolute atomic E-state index is 0.833. The molecule has 112 heavy (non-hydrogen) atoms. The Hall–Kier alpha value is -14.6. The van der Waals surface area contributed by atoms with Gasteiger partial charge in [-0.25, -0.2) is 0 Å². The van der Waals surface area contributed by atoms with Crippen LogP contribution >= 0.6 is 0 Å². The smallest absolute Gasteiger partial charge is 0.0714 e. The van der Waals surface area contributed by atoms with E-state index < -0.39 is 10.8 Å². The molecule has 526 valence electrons. The van der Waals surface area contributed by atoms with Gasteiger partial charge in [-0.1, -0.05) is 315 Å². The first kappa shape index (κ1) is 65.7. The van der Waals surface area contributed by atoms with Crippen LogP contribution in [0.25, 0.3) is 65.3 Å². The van der Waals surface area contributed by atoms with Crippen LogP contribution in [0.1, 0.15) is 44.5 Å². The molecule has 0 radical (unpaired) electrons. The van der Waals surface area contributed by atoms with Crippen molar-refractivity contribution in [2.45, 2.75) is 10.8 Å². The van der Waals surface area contributed by atoms with Crippen molar-refractivity contribution in [3.05, 3.63) is 493 Å². The molecule has 0 aromatic heterocycles. The van der Waals surface area contributed by atoms with Crippen molar-refractivity contribution < 1.29 is 0 Å². The molecule has 0 spiro atoms. The number of hydrogen-bond donors (Lipinski definition) is 0. The van der Waals surface area contributed by atoms with Crippen molar-refractivity contribution in [3.63, 3.8) is 0 Å². The Labute approximate surface area is 653 Å². The van der Waals surface area contributed by atoms with Crippen LogP contribution in [-0.4, -0.2) is 0 Å². The van der Waals surface area contributed by atoms with Gasteiger partial charge in [-0.15, -0.1) is 0 Å². The number of rotatable bonds is 16. The average Bonchev–Trinajstić information content (AvgIpc) is 1.56. The molecule has 0 bridgehead atoms. The van der Waals surface area contributed by atoms with Gasteiger partial charge in [0.2, 0.25) is 0 Å². The maximum atomic E-state index is 2.65. The van der Waals surface area contributed by atoms with Gasteiger partial charge in [0.05, 0.1) is 33.6 Å². The van der Waals surface area contributed by atoms with E-state index in [1.54, 1.807) is 0 Å². The van der Waals surface area contributed by atoms with Crippen molar-refractivity contribution in [1.82, 2.24) is 0 Å². The number of benzene rings is 19. The Morgan fingerprint density at radius 3 is 0.875 bits per heavy atom. The highest BCUT2D eigenvalue weighted by atomic mass is 15.2. The summed E-state index contributed by atoms with van der Waals surface area (Å²) in [7, 11) is 0. The van der Waals surface area contributed by atoms with E-state index in [0.29, 0.717) is 0 Å². The summed E-state index contributed by atoms with van der Waals surface area (Å²) in [6, 6.07) is 167. The molecule has 0 amide bonds. The van der Waals surface area contributed by atoms with E-state index in [1.165, 1.54) is 99.1 Å². The van der Waals surface area contributed by atoms with Gasteiger partial charge in [0.25, 0.3) is 0 Å². The fourth-order valence-corrected chi connectivity index (χ4v) is 18.8. The first-order chi connectivity index (χ1) is 55.6. The summed E-state index contributed by atoms with van der Waals surface area (Å²) in [6.45, 7) is 0. The molecule has 0 fully saturated rings. The van der Waals surface area contributed by atoms with E-state index >= 15 is 0 Å². The lowest BCUT2D eigenvalue weighted by Gasteiger charge is -2.43. The zero-order valence-corrected chi connectivity index (χ0v) is 61.5. The molecule has 0 saturated carbocycles. The molecule has 2 aliphatic rings. The molecule has 4 heteroatoms. The van der Waals surface area contributed by atoms with Crippen molar-refractivity contribution in [2.75, 3.05) is 19.6 Å². The lowest BCUT2D eigenvalue weighted by molar-refractivity contribution is 0.743. The molecule has 0 N–H and O–H groups in total. The van der Waals surface area contributed by atoms with Gasteiger partial charge in [0.15, 0.2) is 0 Å². The van der Waals surface area contributed by atoms with Crippen LogP contribution in [0.4, 0.5) is 68.2 Å². The van der Waals surface area contributed by atoms with Crippen molar-refractivity contribution in [1.29, 1.82) is 0 Å². The first-order valence-electron chi connectivity index (χ1n) is 38.7. The summed E-state index contributed by atoms with van der Waals surface area (Å²) in [5, 5.41) is 9.45. The summed E-state index contributed by atoms with van der Waals surface area (Å²) in [6.07, 6.45) is 0. The Bertz CT molecular complexity index is 6630. The SMILES string of the molecule is c1ccc(N(c2ccc(N(c3ccccc3)c3cc4c(c5ccccc35)-c3cc5c(cc3C4(c3ccccc3)c3ccccc3)-c3ccc(N(c4ccccc4)c4ccc(N(c6ccccc6)c6cccc7ccccc67)cc4)c4cccc(c34)C5(c3ccccc3)c3ccccc3)cc2)c2cccc3ccccc23)cc1. The van der Waals surface area contributed by atoms with Gasteiger partial charge in [-0.3, -0.25) is 0 Å². The van der Waals surface area contributed by atoms with Gasteiger partial charge in [0.1, 0.15) is 0 Å². The van der Waals surface area contributed by atoms with Crippen LogP contribution in [0, 0.1) is 0 Å². The van der Waals surface area contributed by atoms with Crippen LogP contribution < -0.4 is 19.6 Å². The molecule has 4 nitrogen and oxygen atoms in total. The van der Waals surface area contributed by atoms with E-state index in [1.807, 2.05) is 0 Å². The topological polar surface area (TPSA) is 13.0 Å². The molecule has 0 atom stereocenters. The van der Waals surface area contributed by atoms with Gasteiger partial charge in [-0.05, 0) is 222 Å². The molecule has 21 rings (SSSR count).